The number of nitrogens with zero attached hydrogens (tertiary/aromatic N) is 1. The minimum absolute atomic E-state index is 0.0679. The molecule has 1 atom stereocenters. The van der Waals surface area contributed by atoms with Gasteiger partial charge in [-0.1, -0.05) is 15.9 Å². The van der Waals surface area contributed by atoms with Gasteiger partial charge in [-0.15, -0.1) is 11.3 Å². The number of halogens is 4. The Labute approximate surface area is 152 Å². The van der Waals surface area contributed by atoms with Crippen LogP contribution in [-0.2, 0) is 9.53 Å². The second-order valence-corrected chi connectivity index (χ2v) is 6.47. The summed E-state index contributed by atoms with van der Waals surface area (Å²) in [5.74, 6) is -2.83. The number of anilines is 1. The SMILES string of the molecule is COC(=O)C(NC(=O)c1ccc(Br)cc1)(Nc1nccs1)C(F)(F)F. The number of rotatable bonds is 5. The van der Waals surface area contributed by atoms with Crippen molar-refractivity contribution in [2.24, 2.45) is 0 Å². The van der Waals surface area contributed by atoms with E-state index in [1.807, 2.05) is 5.32 Å². The zero-order valence-corrected chi connectivity index (χ0v) is 15.0. The van der Waals surface area contributed by atoms with Crippen molar-refractivity contribution in [3.8, 4) is 0 Å². The van der Waals surface area contributed by atoms with Gasteiger partial charge in [0.25, 0.3) is 5.91 Å². The highest BCUT2D eigenvalue weighted by atomic mass is 79.9. The lowest BCUT2D eigenvalue weighted by atomic mass is 10.1. The summed E-state index contributed by atoms with van der Waals surface area (Å²) in [7, 11) is 0.790. The molecule has 0 saturated carbocycles. The van der Waals surface area contributed by atoms with Crippen LogP contribution in [0, 0.1) is 0 Å². The molecule has 6 nitrogen and oxygen atoms in total. The fourth-order valence-electron chi connectivity index (χ4n) is 1.83. The number of hydrogen-bond donors (Lipinski definition) is 2. The summed E-state index contributed by atoms with van der Waals surface area (Å²) in [5.41, 5.74) is -3.55. The minimum atomic E-state index is -5.20. The summed E-state index contributed by atoms with van der Waals surface area (Å²) in [6.07, 6.45) is -3.95. The normalized spacial score (nSPS) is 13.6. The molecule has 1 aromatic heterocycles. The van der Waals surface area contributed by atoms with E-state index in [1.165, 1.54) is 35.8 Å². The Bertz CT molecular complexity index is 753. The molecule has 0 aliphatic rings. The van der Waals surface area contributed by atoms with Crippen LogP contribution in [0.5, 0.6) is 0 Å². The van der Waals surface area contributed by atoms with E-state index < -0.39 is 23.7 Å². The fourth-order valence-corrected chi connectivity index (χ4v) is 2.68. The van der Waals surface area contributed by atoms with Gasteiger partial charge in [0.1, 0.15) is 0 Å². The van der Waals surface area contributed by atoms with Gasteiger partial charge in [0.2, 0.25) is 0 Å². The summed E-state index contributed by atoms with van der Waals surface area (Å²) in [6.45, 7) is 0. The van der Waals surface area contributed by atoms with Gasteiger partial charge in [-0.05, 0) is 24.3 Å². The van der Waals surface area contributed by atoms with Gasteiger partial charge < -0.3 is 15.4 Å². The first-order valence-corrected chi connectivity index (χ1v) is 8.28. The summed E-state index contributed by atoms with van der Waals surface area (Å²) in [5, 5.41) is 4.84. The Hall–Kier alpha value is -2.14. The molecule has 0 fully saturated rings. The molecule has 0 spiro atoms. The number of amides is 1. The van der Waals surface area contributed by atoms with Crippen molar-refractivity contribution >= 4 is 44.3 Å². The number of methoxy groups -OCH3 is 1. The molecule has 2 aromatic rings. The van der Waals surface area contributed by atoms with Crippen LogP contribution in [0.2, 0.25) is 0 Å². The van der Waals surface area contributed by atoms with E-state index in [0.717, 1.165) is 18.4 Å². The molecule has 0 saturated heterocycles. The van der Waals surface area contributed by atoms with E-state index in [2.05, 4.69) is 25.7 Å². The zero-order valence-electron chi connectivity index (χ0n) is 12.6. The second kappa shape index (κ2) is 7.40. The van der Waals surface area contributed by atoms with E-state index in [-0.39, 0.29) is 10.7 Å². The molecule has 1 amide bonds. The Balaban J connectivity index is 2.43. The fraction of sp³-hybridized carbons (Fsp3) is 0.214. The predicted molar refractivity (Wildman–Crippen MR) is 88.1 cm³/mol. The van der Waals surface area contributed by atoms with Crippen LogP contribution < -0.4 is 10.6 Å². The smallest absolute Gasteiger partial charge is 0.442 e. The van der Waals surface area contributed by atoms with Gasteiger partial charge >= 0.3 is 17.8 Å². The van der Waals surface area contributed by atoms with E-state index in [4.69, 9.17) is 0 Å². The average Bonchev–Trinajstić information content (AvgIpc) is 3.05. The highest BCUT2D eigenvalue weighted by Crippen LogP contribution is 2.34. The van der Waals surface area contributed by atoms with Crippen LogP contribution >= 0.6 is 27.3 Å². The highest BCUT2D eigenvalue weighted by molar-refractivity contribution is 9.10. The first-order chi connectivity index (χ1) is 11.7. The van der Waals surface area contributed by atoms with Gasteiger partial charge in [0, 0.05) is 21.6 Å². The van der Waals surface area contributed by atoms with Crippen molar-refractivity contribution in [2.75, 3.05) is 12.4 Å². The Morgan fingerprint density at radius 3 is 2.36 bits per heavy atom. The van der Waals surface area contributed by atoms with Crippen molar-refractivity contribution < 1.29 is 27.5 Å². The van der Waals surface area contributed by atoms with Gasteiger partial charge in [-0.2, -0.15) is 13.2 Å². The topological polar surface area (TPSA) is 80.3 Å². The molecule has 0 aliphatic carbocycles. The number of esters is 1. The maximum atomic E-state index is 13.7. The lowest BCUT2D eigenvalue weighted by Crippen LogP contribution is -2.69. The third kappa shape index (κ3) is 4.10. The van der Waals surface area contributed by atoms with Gasteiger partial charge in [0.15, 0.2) is 5.13 Å². The van der Waals surface area contributed by atoms with Crippen molar-refractivity contribution in [2.45, 2.75) is 11.8 Å². The zero-order chi connectivity index (χ0) is 18.7. The van der Waals surface area contributed by atoms with Gasteiger partial charge in [-0.3, -0.25) is 4.79 Å². The van der Waals surface area contributed by atoms with E-state index in [1.54, 1.807) is 5.32 Å². The third-order valence-corrected chi connectivity index (χ3v) is 4.27. The lowest BCUT2D eigenvalue weighted by molar-refractivity contribution is -0.203. The van der Waals surface area contributed by atoms with E-state index >= 15 is 0 Å². The molecule has 1 aromatic carbocycles. The molecular formula is C14H11BrF3N3O3S. The maximum absolute atomic E-state index is 13.7. The Morgan fingerprint density at radius 1 is 1.24 bits per heavy atom. The van der Waals surface area contributed by atoms with Crippen molar-refractivity contribution in [1.82, 2.24) is 10.3 Å². The predicted octanol–water partition coefficient (Wildman–Crippen LogP) is 3.18. The largest absolute Gasteiger partial charge is 0.466 e. The Morgan fingerprint density at radius 2 is 1.88 bits per heavy atom. The first kappa shape index (κ1) is 19.2. The number of alkyl halides is 3. The molecule has 0 radical (unpaired) electrons. The molecule has 0 bridgehead atoms. The van der Waals surface area contributed by atoms with E-state index in [0.29, 0.717) is 4.47 Å². The molecular weight excluding hydrogens is 427 g/mol. The first-order valence-electron chi connectivity index (χ1n) is 6.60. The van der Waals surface area contributed by atoms with Crippen LogP contribution in [0.1, 0.15) is 10.4 Å². The van der Waals surface area contributed by atoms with Gasteiger partial charge in [-0.25, -0.2) is 9.78 Å². The van der Waals surface area contributed by atoms with Crippen molar-refractivity contribution in [1.29, 1.82) is 0 Å². The Kier molecular flexibility index (Phi) is 5.68. The number of carbonyl (C=O) groups excluding carboxylic acids is 2. The van der Waals surface area contributed by atoms with Crippen molar-refractivity contribution in [3.63, 3.8) is 0 Å². The van der Waals surface area contributed by atoms with Crippen LogP contribution in [-0.4, -0.2) is 35.8 Å². The van der Waals surface area contributed by atoms with Crippen LogP contribution in [0.3, 0.4) is 0 Å². The molecule has 2 N–H and O–H groups in total. The maximum Gasteiger partial charge on any atom is 0.442 e. The number of benzene rings is 1. The van der Waals surface area contributed by atoms with Crippen molar-refractivity contribution in [3.05, 3.63) is 45.9 Å². The second-order valence-electron chi connectivity index (χ2n) is 4.66. The molecule has 11 heteroatoms. The highest BCUT2D eigenvalue weighted by Gasteiger charge is 2.64. The number of aromatic nitrogens is 1. The molecule has 1 heterocycles. The number of carbonyl (C=O) groups is 2. The average molecular weight is 438 g/mol. The molecule has 134 valence electrons. The van der Waals surface area contributed by atoms with Gasteiger partial charge in [0.05, 0.1) is 7.11 Å². The summed E-state index contributed by atoms with van der Waals surface area (Å²) in [4.78, 5) is 27.9. The third-order valence-electron chi connectivity index (χ3n) is 3.05. The van der Waals surface area contributed by atoms with Crippen LogP contribution in [0.4, 0.5) is 18.3 Å². The van der Waals surface area contributed by atoms with Crippen LogP contribution in [0.25, 0.3) is 0 Å². The number of thiazole rings is 1. The number of ether oxygens (including phenoxy) is 1. The summed E-state index contributed by atoms with van der Waals surface area (Å²) >= 11 is 3.99. The lowest BCUT2D eigenvalue weighted by Gasteiger charge is -2.34. The van der Waals surface area contributed by atoms with Crippen LogP contribution in [0.15, 0.2) is 40.3 Å². The summed E-state index contributed by atoms with van der Waals surface area (Å²) in [6, 6.07) is 5.58. The number of hydrogen-bond acceptors (Lipinski definition) is 6. The minimum Gasteiger partial charge on any atom is -0.466 e. The monoisotopic (exact) mass is 437 g/mol. The standard InChI is InChI=1S/C14H11BrF3N3O3S/c1-24-11(23)13(14(16,17)18,21-12-19-6-7-25-12)20-10(22)8-2-4-9(15)5-3-8/h2-7H,1H3,(H,19,21)(H,20,22). The quantitative estimate of drug-likeness (QED) is 0.554. The summed E-state index contributed by atoms with van der Waals surface area (Å²) < 4.78 is 46.1. The van der Waals surface area contributed by atoms with E-state index in [9.17, 15) is 22.8 Å². The molecule has 0 aliphatic heterocycles. The molecule has 1 unspecified atom stereocenters. The molecule has 25 heavy (non-hydrogen) atoms. The number of nitrogens with one attached hydrogen (secondary N) is 2. The molecule has 2 rings (SSSR count).